The molecule has 1 aromatic carbocycles. The predicted molar refractivity (Wildman–Crippen MR) is 65.4 cm³/mol. The van der Waals surface area contributed by atoms with Gasteiger partial charge in [0.2, 0.25) is 0 Å². The van der Waals surface area contributed by atoms with Crippen LogP contribution in [-0.2, 0) is 4.79 Å². The Morgan fingerprint density at radius 1 is 1.28 bits per heavy atom. The number of carboxylic acid groups (broad SMARTS) is 1. The second-order valence-corrected chi connectivity index (χ2v) is 4.00. The topological polar surface area (TPSA) is 79.6 Å². The third-order valence-electron chi connectivity index (χ3n) is 2.91. The number of hydrogen-bond donors (Lipinski definition) is 1. The summed E-state index contributed by atoms with van der Waals surface area (Å²) >= 11 is 0. The number of carboxylic acids is 1. The van der Waals surface area contributed by atoms with E-state index in [1.54, 1.807) is 24.4 Å². The fourth-order valence-corrected chi connectivity index (χ4v) is 2.02. The molecule has 0 saturated heterocycles. The lowest BCUT2D eigenvalue weighted by Crippen LogP contribution is -2.27. The zero-order chi connectivity index (χ0) is 12.7. The van der Waals surface area contributed by atoms with Gasteiger partial charge in [-0.3, -0.25) is 19.6 Å². The number of fused-ring (bicyclic) bond motifs is 3. The Morgan fingerprint density at radius 2 is 2.11 bits per heavy atom. The van der Waals surface area contributed by atoms with E-state index in [1.807, 2.05) is 6.07 Å². The van der Waals surface area contributed by atoms with E-state index < -0.39 is 17.7 Å². The number of benzene rings is 1. The molecule has 0 bridgehead atoms. The lowest BCUT2D eigenvalue weighted by Gasteiger charge is -2.15. The largest absolute Gasteiger partial charge is 0.480 e. The summed E-state index contributed by atoms with van der Waals surface area (Å²) in [5.74, 6) is -2.82. The average Bonchev–Trinajstić information content (AvgIpc) is 2.38. The number of nitrogens with zero attached hydrogens (tertiary/aromatic N) is 2. The molecule has 0 amide bonds. The maximum Gasteiger partial charge on any atom is 0.319 e. The van der Waals surface area contributed by atoms with Crippen molar-refractivity contribution in [2.45, 2.75) is 0 Å². The van der Waals surface area contributed by atoms with Crippen LogP contribution in [0, 0.1) is 5.92 Å². The Hall–Kier alpha value is -2.56. The fraction of sp³-hybridized carbons (Fsp3) is 0.0769. The lowest BCUT2D eigenvalue weighted by molar-refractivity contribution is -0.137. The molecule has 1 aliphatic heterocycles. The van der Waals surface area contributed by atoms with E-state index in [-0.39, 0.29) is 0 Å². The van der Waals surface area contributed by atoms with Crippen molar-refractivity contribution in [2.75, 3.05) is 0 Å². The highest BCUT2D eigenvalue weighted by Crippen LogP contribution is 2.32. The van der Waals surface area contributed by atoms with Crippen molar-refractivity contribution < 1.29 is 14.7 Å². The fourth-order valence-electron chi connectivity index (χ4n) is 2.02. The molecule has 5 heteroatoms. The van der Waals surface area contributed by atoms with Gasteiger partial charge in [-0.25, -0.2) is 0 Å². The van der Waals surface area contributed by atoms with Crippen LogP contribution in [0.2, 0.25) is 0 Å². The second kappa shape index (κ2) is 3.73. The van der Waals surface area contributed by atoms with Gasteiger partial charge in [0.05, 0.1) is 11.2 Å². The molecule has 88 valence electrons. The molecule has 18 heavy (non-hydrogen) atoms. The Morgan fingerprint density at radius 3 is 2.89 bits per heavy atom. The Kier molecular flexibility index (Phi) is 2.19. The van der Waals surface area contributed by atoms with E-state index >= 15 is 0 Å². The molecule has 0 fully saturated rings. The second-order valence-electron chi connectivity index (χ2n) is 4.00. The summed E-state index contributed by atoms with van der Waals surface area (Å²) in [6.07, 6.45) is 2.78. The minimum atomic E-state index is -1.20. The first-order valence-electron chi connectivity index (χ1n) is 5.37. The van der Waals surface area contributed by atoms with Crippen molar-refractivity contribution in [1.29, 1.82) is 0 Å². The molecular formula is C13H8N2O3. The number of carbonyl (C=O) groups is 2. The van der Waals surface area contributed by atoms with Crippen LogP contribution in [0.15, 0.2) is 35.5 Å². The third kappa shape index (κ3) is 1.41. The van der Waals surface area contributed by atoms with E-state index in [1.165, 1.54) is 6.21 Å². The highest BCUT2D eigenvalue weighted by atomic mass is 16.4. The SMILES string of the molecule is O=C(O)C1C=Nc2c(ccc3cccnc23)C1=O. The maximum absolute atomic E-state index is 12.0. The van der Waals surface area contributed by atoms with Crippen LogP contribution in [0.4, 0.5) is 5.69 Å². The average molecular weight is 240 g/mol. The van der Waals surface area contributed by atoms with Crippen LogP contribution in [0.3, 0.4) is 0 Å². The van der Waals surface area contributed by atoms with Gasteiger partial charge in [-0.15, -0.1) is 0 Å². The molecule has 0 saturated carbocycles. The quantitative estimate of drug-likeness (QED) is 0.771. The maximum atomic E-state index is 12.0. The summed E-state index contributed by atoms with van der Waals surface area (Å²) in [6, 6.07) is 7.02. The standard InChI is InChI=1S/C13H8N2O3/c16-12-8-4-3-7-2-1-5-14-10(7)11(8)15-6-9(12)13(17)18/h1-6,9H,(H,17,18). The van der Waals surface area contributed by atoms with Crippen LogP contribution in [0.1, 0.15) is 10.4 Å². The monoisotopic (exact) mass is 240 g/mol. The molecule has 2 heterocycles. The van der Waals surface area contributed by atoms with Gasteiger partial charge in [-0.05, 0) is 12.1 Å². The third-order valence-corrected chi connectivity index (χ3v) is 2.91. The smallest absolute Gasteiger partial charge is 0.319 e. The number of carbonyl (C=O) groups excluding carboxylic acids is 1. The molecular weight excluding hydrogens is 232 g/mol. The van der Waals surface area contributed by atoms with Crippen LogP contribution in [-0.4, -0.2) is 28.1 Å². The van der Waals surface area contributed by atoms with Gasteiger partial charge in [-0.2, -0.15) is 0 Å². The number of Topliss-reactive ketones (excluding diaryl/α,β-unsaturated/α-hetero) is 1. The van der Waals surface area contributed by atoms with E-state index in [4.69, 9.17) is 5.11 Å². The first-order chi connectivity index (χ1) is 8.68. The molecule has 1 unspecified atom stereocenters. The van der Waals surface area contributed by atoms with E-state index in [9.17, 15) is 9.59 Å². The van der Waals surface area contributed by atoms with Crippen LogP contribution in [0.5, 0.6) is 0 Å². The van der Waals surface area contributed by atoms with Crippen LogP contribution >= 0.6 is 0 Å². The Balaban J connectivity index is 2.27. The Labute approximate surface area is 102 Å². The molecule has 0 radical (unpaired) electrons. The number of rotatable bonds is 1. The predicted octanol–water partition coefficient (Wildman–Crippen LogP) is 1.83. The Bertz CT molecular complexity index is 706. The molecule has 3 rings (SSSR count). The van der Waals surface area contributed by atoms with Gasteiger partial charge in [0.1, 0.15) is 0 Å². The summed E-state index contributed by atoms with van der Waals surface area (Å²) < 4.78 is 0. The minimum absolute atomic E-state index is 0.316. The minimum Gasteiger partial charge on any atom is -0.480 e. The number of pyridine rings is 1. The normalized spacial score (nSPS) is 17.8. The highest BCUT2D eigenvalue weighted by molar-refractivity contribution is 6.24. The number of hydrogen-bond acceptors (Lipinski definition) is 4. The van der Waals surface area contributed by atoms with Crippen molar-refractivity contribution in [3.8, 4) is 0 Å². The van der Waals surface area contributed by atoms with Crippen LogP contribution < -0.4 is 0 Å². The highest BCUT2D eigenvalue weighted by Gasteiger charge is 2.31. The summed E-state index contributed by atoms with van der Waals surface area (Å²) in [7, 11) is 0. The number of ketones is 1. The molecule has 2 aromatic rings. The van der Waals surface area contributed by atoms with Crippen molar-refractivity contribution >= 4 is 34.6 Å². The summed E-state index contributed by atoms with van der Waals surface area (Å²) in [5.41, 5.74) is 1.38. The van der Waals surface area contributed by atoms with Crippen molar-refractivity contribution in [1.82, 2.24) is 4.98 Å². The van der Waals surface area contributed by atoms with Crippen molar-refractivity contribution in [3.05, 3.63) is 36.0 Å². The molecule has 0 aliphatic carbocycles. The molecule has 1 N–H and O–H groups in total. The van der Waals surface area contributed by atoms with E-state index in [0.29, 0.717) is 16.8 Å². The van der Waals surface area contributed by atoms with Gasteiger partial charge >= 0.3 is 5.97 Å². The first kappa shape index (κ1) is 10.6. The summed E-state index contributed by atoms with van der Waals surface area (Å²) in [4.78, 5) is 31.2. The molecule has 1 aliphatic rings. The number of aromatic nitrogens is 1. The molecule has 0 spiro atoms. The zero-order valence-electron chi connectivity index (χ0n) is 9.20. The van der Waals surface area contributed by atoms with Gasteiger partial charge in [0, 0.05) is 23.4 Å². The zero-order valence-corrected chi connectivity index (χ0v) is 9.20. The molecule has 5 nitrogen and oxygen atoms in total. The molecule has 1 atom stereocenters. The van der Waals surface area contributed by atoms with Crippen LogP contribution in [0.25, 0.3) is 10.9 Å². The van der Waals surface area contributed by atoms with Gasteiger partial charge in [0.25, 0.3) is 0 Å². The number of aliphatic carboxylic acids is 1. The van der Waals surface area contributed by atoms with E-state index in [2.05, 4.69) is 9.98 Å². The van der Waals surface area contributed by atoms with Crippen molar-refractivity contribution in [3.63, 3.8) is 0 Å². The van der Waals surface area contributed by atoms with Gasteiger partial charge in [0.15, 0.2) is 11.7 Å². The first-order valence-corrected chi connectivity index (χ1v) is 5.37. The van der Waals surface area contributed by atoms with Crippen molar-refractivity contribution in [2.24, 2.45) is 10.9 Å². The summed E-state index contributed by atoms with van der Waals surface area (Å²) in [6.45, 7) is 0. The molecule has 1 aromatic heterocycles. The van der Waals surface area contributed by atoms with Gasteiger partial charge in [-0.1, -0.05) is 12.1 Å². The van der Waals surface area contributed by atoms with E-state index in [0.717, 1.165) is 5.39 Å². The summed E-state index contributed by atoms with van der Waals surface area (Å²) in [5, 5.41) is 9.79. The van der Waals surface area contributed by atoms with Gasteiger partial charge < -0.3 is 5.11 Å². The lowest BCUT2D eigenvalue weighted by atomic mass is 9.93. The number of aliphatic imine (C=N–C) groups is 1.